The number of hydrogen-bond donors (Lipinski definition) is 1. The molecule has 0 radical (unpaired) electrons. The third kappa shape index (κ3) is 3.20. The van der Waals surface area contributed by atoms with Crippen LogP contribution in [0.3, 0.4) is 0 Å². The van der Waals surface area contributed by atoms with Gasteiger partial charge in [0.15, 0.2) is 0 Å². The highest BCUT2D eigenvalue weighted by Gasteiger charge is 2.10. The van der Waals surface area contributed by atoms with Gasteiger partial charge in [-0.25, -0.2) is 0 Å². The van der Waals surface area contributed by atoms with Gasteiger partial charge in [0.1, 0.15) is 11.5 Å². The van der Waals surface area contributed by atoms with Crippen molar-refractivity contribution in [3.63, 3.8) is 0 Å². The van der Waals surface area contributed by atoms with Crippen molar-refractivity contribution in [1.29, 1.82) is 0 Å². The number of benzene rings is 1. The van der Waals surface area contributed by atoms with Crippen molar-refractivity contribution in [2.45, 2.75) is 26.8 Å². The molecule has 0 aliphatic rings. The number of methoxy groups -OCH3 is 1. The van der Waals surface area contributed by atoms with Crippen LogP contribution in [0.15, 0.2) is 34.9 Å². The third-order valence-corrected chi connectivity index (χ3v) is 3.46. The van der Waals surface area contributed by atoms with Gasteiger partial charge in [-0.05, 0) is 48.7 Å². The summed E-state index contributed by atoms with van der Waals surface area (Å²) >= 11 is 0. The molecule has 0 fully saturated rings. The monoisotopic (exact) mass is 273 g/mol. The first-order valence-electron chi connectivity index (χ1n) is 6.54. The fourth-order valence-electron chi connectivity index (χ4n) is 2.10. The molecule has 1 amide bonds. The summed E-state index contributed by atoms with van der Waals surface area (Å²) in [6, 6.07) is 7.48. The molecule has 1 N–H and O–H groups in total. The van der Waals surface area contributed by atoms with E-state index in [-0.39, 0.29) is 5.91 Å². The molecule has 20 heavy (non-hydrogen) atoms. The van der Waals surface area contributed by atoms with Gasteiger partial charge in [-0.1, -0.05) is 6.07 Å². The summed E-state index contributed by atoms with van der Waals surface area (Å²) in [5.41, 5.74) is 3.18. The summed E-state index contributed by atoms with van der Waals surface area (Å²) in [5.74, 6) is 1.58. The van der Waals surface area contributed by atoms with Crippen LogP contribution in [0.1, 0.15) is 22.5 Å². The van der Waals surface area contributed by atoms with Crippen molar-refractivity contribution in [3.8, 4) is 5.75 Å². The zero-order chi connectivity index (χ0) is 14.5. The lowest BCUT2D eigenvalue weighted by Gasteiger charge is -2.12. The first kappa shape index (κ1) is 14.2. The van der Waals surface area contributed by atoms with E-state index in [0.717, 1.165) is 28.2 Å². The Kier molecular flexibility index (Phi) is 4.45. The average molecular weight is 273 g/mol. The zero-order valence-corrected chi connectivity index (χ0v) is 12.0. The van der Waals surface area contributed by atoms with Gasteiger partial charge in [0, 0.05) is 0 Å². The largest absolute Gasteiger partial charge is 0.496 e. The van der Waals surface area contributed by atoms with Crippen molar-refractivity contribution >= 4 is 5.91 Å². The maximum atomic E-state index is 11.9. The molecule has 0 aliphatic heterocycles. The number of nitrogens with one attached hydrogen (secondary N) is 1. The van der Waals surface area contributed by atoms with E-state index in [1.807, 2.05) is 32.0 Å². The first-order valence-corrected chi connectivity index (χ1v) is 6.54. The van der Waals surface area contributed by atoms with Crippen molar-refractivity contribution in [3.05, 3.63) is 53.0 Å². The van der Waals surface area contributed by atoms with Crippen molar-refractivity contribution < 1.29 is 13.9 Å². The van der Waals surface area contributed by atoms with Gasteiger partial charge in [0.25, 0.3) is 0 Å². The fourth-order valence-corrected chi connectivity index (χ4v) is 2.10. The van der Waals surface area contributed by atoms with E-state index in [9.17, 15) is 4.79 Å². The summed E-state index contributed by atoms with van der Waals surface area (Å²) in [4.78, 5) is 11.9. The molecule has 1 aromatic heterocycles. The van der Waals surface area contributed by atoms with E-state index in [4.69, 9.17) is 9.15 Å². The predicted octanol–water partition coefficient (Wildman–Crippen LogP) is 2.76. The molecule has 0 aliphatic carbocycles. The van der Waals surface area contributed by atoms with Gasteiger partial charge in [0.2, 0.25) is 5.91 Å². The molecule has 0 atom stereocenters. The molecule has 2 rings (SSSR count). The molecule has 1 aromatic carbocycles. The van der Waals surface area contributed by atoms with E-state index in [0.29, 0.717) is 13.0 Å². The summed E-state index contributed by atoms with van der Waals surface area (Å²) in [6.45, 7) is 4.42. The molecule has 1 heterocycles. The van der Waals surface area contributed by atoms with Gasteiger partial charge in [0.05, 0.1) is 26.3 Å². The van der Waals surface area contributed by atoms with E-state index in [1.165, 1.54) is 0 Å². The Labute approximate surface area is 118 Å². The highest BCUT2D eigenvalue weighted by Crippen LogP contribution is 2.24. The van der Waals surface area contributed by atoms with Crippen LogP contribution in [0.5, 0.6) is 5.75 Å². The number of rotatable bonds is 5. The van der Waals surface area contributed by atoms with E-state index < -0.39 is 0 Å². The number of carbonyl (C=O) groups is 1. The second-order valence-electron chi connectivity index (χ2n) is 4.71. The third-order valence-electron chi connectivity index (χ3n) is 3.46. The van der Waals surface area contributed by atoms with Crippen LogP contribution in [-0.2, 0) is 17.8 Å². The predicted molar refractivity (Wildman–Crippen MR) is 76.7 cm³/mol. The maximum absolute atomic E-state index is 11.9. The second-order valence-corrected chi connectivity index (χ2v) is 4.71. The van der Waals surface area contributed by atoms with Crippen molar-refractivity contribution in [1.82, 2.24) is 5.32 Å². The van der Waals surface area contributed by atoms with Gasteiger partial charge < -0.3 is 14.5 Å². The molecule has 4 nitrogen and oxygen atoms in total. The van der Waals surface area contributed by atoms with E-state index >= 15 is 0 Å². The van der Waals surface area contributed by atoms with Crippen LogP contribution in [0.4, 0.5) is 0 Å². The smallest absolute Gasteiger partial charge is 0.224 e. The SMILES string of the molecule is COc1ccc(CC(=O)NCc2ccco2)c(C)c1C. The van der Waals surface area contributed by atoms with Crippen LogP contribution < -0.4 is 10.1 Å². The second kappa shape index (κ2) is 6.28. The van der Waals surface area contributed by atoms with Crippen LogP contribution in [-0.4, -0.2) is 13.0 Å². The standard InChI is InChI=1S/C16H19NO3/c1-11-12(2)15(19-3)7-6-13(11)9-16(18)17-10-14-5-4-8-20-14/h4-8H,9-10H2,1-3H3,(H,17,18). The molecular weight excluding hydrogens is 254 g/mol. The molecule has 0 saturated heterocycles. The van der Waals surface area contributed by atoms with Gasteiger partial charge >= 0.3 is 0 Å². The average Bonchev–Trinajstić information content (AvgIpc) is 2.95. The normalized spacial score (nSPS) is 10.3. The molecule has 0 bridgehead atoms. The topological polar surface area (TPSA) is 51.5 Å². The molecule has 0 spiro atoms. The molecule has 2 aromatic rings. The Bertz CT molecular complexity index is 588. The Hall–Kier alpha value is -2.23. The Balaban J connectivity index is 1.99. The Morgan fingerprint density at radius 2 is 2.05 bits per heavy atom. The molecular formula is C16H19NO3. The highest BCUT2D eigenvalue weighted by molar-refractivity contribution is 5.79. The summed E-state index contributed by atoms with van der Waals surface area (Å²) < 4.78 is 10.4. The number of carbonyl (C=O) groups excluding carboxylic acids is 1. The number of hydrogen-bond acceptors (Lipinski definition) is 3. The minimum Gasteiger partial charge on any atom is -0.496 e. The Morgan fingerprint density at radius 3 is 2.70 bits per heavy atom. The molecule has 4 heteroatoms. The van der Waals surface area contributed by atoms with Crippen LogP contribution >= 0.6 is 0 Å². The first-order chi connectivity index (χ1) is 9.61. The van der Waals surface area contributed by atoms with Gasteiger partial charge in [-0.15, -0.1) is 0 Å². The van der Waals surface area contributed by atoms with Gasteiger partial charge in [-0.3, -0.25) is 4.79 Å². The minimum absolute atomic E-state index is 0.0194. The summed E-state index contributed by atoms with van der Waals surface area (Å²) in [5, 5.41) is 2.84. The molecule has 0 unspecified atom stereocenters. The van der Waals surface area contributed by atoms with Crippen LogP contribution in [0.2, 0.25) is 0 Å². The van der Waals surface area contributed by atoms with Crippen molar-refractivity contribution in [2.24, 2.45) is 0 Å². The maximum Gasteiger partial charge on any atom is 0.224 e. The number of amides is 1. The quantitative estimate of drug-likeness (QED) is 0.911. The van der Waals surface area contributed by atoms with E-state index in [2.05, 4.69) is 5.32 Å². The van der Waals surface area contributed by atoms with E-state index in [1.54, 1.807) is 19.4 Å². The Morgan fingerprint density at radius 1 is 1.25 bits per heavy atom. The summed E-state index contributed by atoms with van der Waals surface area (Å²) in [6.07, 6.45) is 1.95. The lowest BCUT2D eigenvalue weighted by Crippen LogP contribution is -2.24. The van der Waals surface area contributed by atoms with Crippen molar-refractivity contribution in [2.75, 3.05) is 7.11 Å². The molecule has 106 valence electrons. The van der Waals surface area contributed by atoms with Crippen LogP contribution in [0, 0.1) is 13.8 Å². The van der Waals surface area contributed by atoms with Crippen LogP contribution in [0.25, 0.3) is 0 Å². The lowest BCUT2D eigenvalue weighted by molar-refractivity contribution is -0.120. The zero-order valence-electron chi connectivity index (χ0n) is 12.0. The lowest BCUT2D eigenvalue weighted by atomic mass is 10.00. The number of ether oxygens (including phenoxy) is 1. The van der Waals surface area contributed by atoms with Gasteiger partial charge in [-0.2, -0.15) is 0 Å². The number of furan rings is 1. The summed E-state index contributed by atoms with van der Waals surface area (Å²) in [7, 11) is 1.65. The fraction of sp³-hybridized carbons (Fsp3) is 0.312. The molecule has 0 saturated carbocycles. The highest BCUT2D eigenvalue weighted by atomic mass is 16.5. The minimum atomic E-state index is -0.0194.